The molecule has 6 heteroatoms. The summed E-state index contributed by atoms with van der Waals surface area (Å²) in [5, 5.41) is 6.39. The highest BCUT2D eigenvalue weighted by Gasteiger charge is 2.12. The standard InChI is InChI=1S/C24H23N3O3/c1-2-18-11-13-21(14-12-18)26-23(28)24(29)27-25-16-20-9-6-10-22(15-20)30-17-19-7-4-3-5-8-19/h3-16H,2,17H2,1H3,(H,26,28)(H,27,29)/b25-16-. The van der Waals surface area contributed by atoms with Crippen LogP contribution in [0, 0.1) is 0 Å². The van der Waals surface area contributed by atoms with E-state index >= 15 is 0 Å². The summed E-state index contributed by atoms with van der Waals surface area (Å²) in [6, 6.07) is 24.5. The van der Waals surface area contributed by atoms with Crippen LogP contribution in [0.3, 0.4) is 0 Å². The molecule has 0 fully saturated rings. The smallest absolute Gasteiger partial charge is 0.329 e. The Morgan fingerprint density at radius 3 is 2.40 bits per heavy atom. The third-order valence-corrected chi connectivity index (χ3v) is 4.31. The van der Waals surface area contributed by atoms with Gasteiger partial charge in [0.25, 0.3) is 0 Å². The highest BCUT2D eigenvalue weighted by atomic mass is 16.5. The summed E-state index contributed by atoms with van der Waals surface area (Å²) < 4.78 is 5.77. The van der Waals surface area contributed by atoms with Crippen molar-refractivity contribution in [2.75, 3.05) is 5.32 Å². The molecule has 0 atom stereocenters. The van der Waals surface area contributed by atoms with Gasteiger partial charge in [0, 0.05) is 5.69 Å². The van der Waals surface area contributed by atoms with Crippen molar-refractivity contribution in [2.45, 2.75) is 20.0 Å². The van der Waals surface area contributed by atoms with Gasteiger partial charge in [-0.1, -0.05) is 61.5 Å². The Balaban J connectivity index is 1.50. The Kier molecular flexibility index (Phi) is 7.33. The molecule has 0 aromatic heterocycles. The van der Waals surface area contributed by atoms with Crippen molar-refractivity contribution < 1.29 is 14.3 Å². The summed E-state index contributed by atoms with van der Waals surface area (Å²) in [5.41, 5.74) is 5.74. The van der Waals surface area contributed by atoms with Crippen molar-refractivity contribution in [2.24, 2.45) is 5.10 Å². The van der Waals surface area contributed by atoms with Crippen LogP contribution in [-0.4, -0.2) is 18.0 Å². The van der Waals surface area contributed by atoms with E-state index < -0.39 is 11.8 Å². The first-order valence-electron chi connectivity index (χ1n) is 9.64. The molecule has 30 heavy (non-hydrogen) atoms. The minimum absolute atomic E-state index is 0.456. The van der Waals surface area contributed by atoms with Crippen molar-refractivity contribution in [1.82, 2.24) is 5.43 Å². The number of anilines is 1. The predicted molar refractivity (Wildman–Crippen MR) is 117 cm³/mol. The molecule has 0 radical (unpaired) electrons. The number of nitrogens with zero attached hydrogens (tertiary/aromatic N) is 1. The summed E-state index contributed by atoms with van der Waals surface area (Å²) in [5.74, 6) is -0.943. The van der Waals surface area contributed by atoms with E-state index in [1.165, 1.54) is 6.21 Å². The number of amides is 2. The number of carbonyl (C=O) groups is 2. The summed E-state index contributed by atoms with van der Waals surface area (Å²) in [6.07, 6.45) is 2.36. The molecule has 0 unspecified atom stereocenters. The molecule has 0 aliphatic rings. The summed E-state index contributed by atoms with van der Waals surface area (Å²) in [7, 11) is 0. The molecule has 0 heterocycles. The van der Waals surface area contributed by atoms with Gasteiger partial charge < -0.3 is 10.1 Å². The molecular formula is C24H23N3O3. The minimum Gasteiger partial charge on any atom is -0.489 e. The average molecular weight is 401 g/mol. The fourth-order valence-electron chi connectivity index (χ4n) is 2.65. The molecule has 0 aliphatic heterocycles. The van der Waals surface area contributed by atoms with Gasteiger partial charge in [0.2, 0.25) is 0 Å². The van der Waals surface area contributed by atoms with Crippen LogP contribution in [0.1, 0.15) is 23.6 Å². The molecule has 0 spiro atoms. The van der Waals surface area contributed by atoms with E-state index in [0.717, 1.165) is 23.1 Å². The average Bonchev–Trinajstić information content (AvgIpc) is 2.79. The first-order valence-corrected chi connectivity index (χ1v) is 9.64. The quantitative estimate of drug-likeness (QED) is 0.358. The fraction of sp³-hybridized carbons (Fsp3) is 0.125. The lowest BCUT2D eigenvalue weighted by atomic mass is 10.1. The van der Waals surface area contributed by atoms with Crippen molar-refractivity contribution in [1.29, 1.82) is 0 Å². The van der Waals surface area contributed by atoms with Crippen LogP contribution in [0.4, 0.5) is 5.69 Å². The van der Waals surface area contributed by atoms with Crippen molar-refractivity contribution in [3.05, 3.63) is 95.6 Å². The van der Waals surface area contributed by atoms with Gasteiger partial charge in [-0.15, -0.1) is 0 Å². The van der Waals surface area contributed by atoms with Gasteiger partial charge in [0.1, 0.15) is 12.4 Å². The number of hydrogen-bond acceptors (Lipinski definition) is 4. The van der Waals surface area contributed by atoms with Gasteiger partial charge in [0.15, 0.2) is 0 Å². The monoisotopic (exact) mass is 401 g/mol. The van der Waals surface area contributed by atoms with E-state index in [9.17, 15) is 9.59 Å². The Bertz CT molecular complexity index is 1020. The topological polar surface area (TPSA) is 79.8 Å². The lowest BCUT2D eigenvalue weighted by molar-refractivity contribution is -0.136. The second kappa shape index (κ2) is 10.6. The van der Waals surface area contributed by atoms with Crippen LogP contribution < -0.4 is 15.5 Å². The van der Waals surface area contributed by atoms with Crippen LogP contribution in [0.15, 0.2) is 84.0 Å². The molecule has 0 aliphatic carbocycles. The zero-order chi connectivity index (χ0) is 21.2. The van der Waals surface area contributed by atoms with E-state index in [-0.39, 0.29) is 0 Å². The number of hydrazone groups is 1. The Labute approximate surface area is 175 Å². The second-order valence-corrected chi connectivity index (χ2v) is 6.55. The van der Waals surface area contributed by atoms with E-state index in [1.807, 2.05) is 67.6 Å². The van der Waals surface area contributed by atoms with Crippen molar-refractivity contribution >= 4 is 23.7 Å². The lowest BCUT2D eigenvalue weighted by Crippen LogP contribution is -2.32. The molecule has 3 aromatic rings. The number of rotatable bonds is 7. The largest absolute Gasteiger partial charge is 0.489 e. The second-order valence-electron chi connectivity index (χ2n) is 6.55. The highest BCUT2D eigenvalue weighted by molar-refractivity contribution is 6.39. The Hall–Kier alpha value is -3.93. The third kappa shape index (κ3) is 6.31. The fourth-order valence-corrected chi connectivity index (χ4v) is 2.65. The van der Waals surface area contributed by atoms with E-state index in [1.54, 1.807) is 18.2 Å². The van der Waals surface area contributed by atoms with Gasteiger partial charge >= 0.3 is 11.8 Å². The number of benzene rings is 3. The molecule has 0 saturated carbocycles. The van der Waals surface area contributed by atoms with Gasteiger partial charge in [0.05, 0.1) is 6.21 Å². The number of ether oxygens (including phenoxy) is 1. The maximum absolute atomic E-state index is 12.0. The first kappa shape index (κ1) is 20.8. The molecule has 3 rings (SSSR count). The number of nitrogens with one attached hydrogen (secondary N) is 2. The van der Waals surface area contributed by atoms with E-state index in [2.05, 4.69) is 15.8 Å². The molecule has 0 saturated heterocycles. The van der Waals surface area contributed by atoms with Crippen LogP contribution in [0.2, 0.25) is 0 Å². The number of carbonyl (C=O) groups excluding carboxylic acids is 2. The Morgan fingerprint density at radius 2 is 1.67 bits per heavy atom. The minimum atomic E-state index is -0.845. The van der Waals surface area contributed by atoms with Gasteiger partial charge in [-0.3, -0.25) is 9.59 Å². The summed E-state index contributed by atoms with van der Waals surface area (Å²) >= 11 is 0. The van der Waals surface area contributed by atoms with Crippen molar-refractivity contribution in [3.8, 4) is 5.75 Å². The normalized spacial score (nSPS) is 10.6. The molecule has 2 amide bonds. The summed E-state index contributed by atoms with van der Waals surface area (Å²) in [6.45, 7) is 2.50. The zero-order valence-corrected chi connectivity index (χ0v) is 16.7. The maximum Gasteiger partial charge on any atom is 0.329 e. The van der Waals surface area contributed by atoms with Crippen LogP contribution >= 0.6 is 0 Å². The number of hydrogen-bond donors (Lipinski definition) is 2. The van der Waals surface area contributed by atoms with E-state index in [0.29, 0.717) is 18.0 Å². The molecule has 6 nitrogen and oxygen atoms in total. The van der Waals surface area contributed by atoms with Crippen LogP contribution in [0.25, 0.3) is 0 Å². The van der Waals surface area contributed by atoms with Gasteiger partial charge in [-0.25, -0.2) is 5.43 Å². The molecule has 3 aromatic carbocycles. The predicted octanol–water partition coefficient (Wildman–Crippen LogP) is 3.92. The zero-order valence-electron chi connectivity index (χ0n) is 16.7. The van der Waals surface area contributed by atoms with Gasteiger partial charge in [-0.05, 0) is 47.4 Å². The SMILES string of the molecule is CCc1ccc(NC(=O)C(=O)N/N=C\c2cccc(OCc3ccccc3)c2)cc1. The van der Waals surface area contributed by atoms with Crippen molar-refractivity contribution in [3.63, 3.8) is 0 Å². The molecule has 152 valence electrons. The van der Waals surface area contributed by atoms with Crippen LogP contribution in [0.5, 0.6) is 5.75 Å². The highest BCUT2D eigenvalue weighted by Crippen LogP contribution is 2.14. The molecular weight excluding hydrogens is 378 g/mol. The maximum atomic E-state index is 12.0. The van der Waals surface area contributed by atoms with Crippen LogP contribution in [-0.2, 0) is 22.6 Å². The number of aryl methyl sites for hydroxylation is 1. The third-order valence-electron chi connectivity index (χ3n) is 4.31. The molecule has 2 N–H and O–H groups in total. The van der Waals surface area contributed by atoms with E-state index in [4.69, 9.17) is 4.74 Å². The molecule has 0 bridgehead atoms. The van der Waals surface area contributed by atoms with Gasteiger partial charge in [-0.2, -0.15) is 5.10 Å². The lowest BCUT2D eigenvalue weighted by Gasteiger charge is -2.07. The summed E-state index contributed by atoms with van der Waals surface area (Å²) in [4.78, 5) is 23.9. The Morgan fingerprint density at radius 1 is 0.900 bits per heavy atom. The first-order chi connectivity index (χ1) is 14.6.